The molecular formula is C10H20FN. The molecule has 72 valence electrons. The molecule has 1 fully saturated rings. The quantitative estimate of drug-likeness (QED) is 0.688. The summed E-state index contributed by atoms with van der Waals surface area (Å²) in [4.78, 5) is 0. The Bertz CT molecular complexity index is 126. The molecule has 1 unspecified atom stereocenters. The van der Waals surface area contributed by atoms with E-state index in [-0.39, 0.29) is 0 Å². The van der Waals surface area contributed by atoms with Crippen molar-refractivity contribution >= 4 is 0 Å². The van der Waals surface area contributed by atoms with Gasteiger partial charge in [-0.15, -0.1) is 0 Å². The molecule has 1 heterocycles. The van der Waals surface area contributed by atoms with Crippen LogP contribution in [0.2, 0.25) is 0 Å². The number of hydrogen-bond donors (Lipinski definition) is 1. The number of nitrogens with one attached hydrogen (secondary N) is 1. The number of hydrogen-bond acceptors (Lipinski definition) is 1. The number of alkyl halides is 1. The van der Waals surface area contributed by atoms with Crippen LogP contribution in [0.1, 0.15) is 39.5 Å². The zero-order valence-corrected chi connectivity index (χ0v) is 8.20. The minimum atomic E-state index is -0.892. The van der Waals surface area contributed by atoms with Crippen LogP contribution >= 0.6 is 0 Å². The highest BCUT2D eigenvalue weighted by Crippen LogP contribution is 2.30. The summed E-state index contributed by atoms with van der Waals surface area (Å²) in [5.74, 6) is 0.579. The molecule has 0 radical (unpaired) electrons. The maximum atomic E-state index is 13.9. The zero-order valence-electron chi connectivity index (χ0n) is 8.20. The Morgan fingerprint density at radius 2 is 2.08 bits per heavy atom. The second kappa shape index (κ2) is 4.22. The largest absolute Gasteiger partial charge is 0.313 e. The molecule has 12 heavy (non-hydrogen) atoms. The fourth-order valence-corrected chi connectivity index (χ4v) is 1.98. The van der Waals surface area contributed by atoms with Gasteiger partial charge in [0, 0.05) is 6.54 Å². The first-order valence-electron chi connectivity index (χ1n) is 5.10. The van der Waals surface area contributed by atoms with E-state index in [0.29, 0.717) is 18.9 Å². The van der Waals surface area contributed by atoms with Crippen LogP contribution in [-0.4, -0.2) is 18.8 Å². The first-order valence-corrected chi connectivity index (χ1v) is 5.10. The molecular weight excluding hydrogens is 153 g/mol. The summed E-state index contributed by atoms with van der Waals surface area (Å²) in [6.45, 7) is 5.74. The van der Waals surface area contributed by atoms with Crippen molar-refractivity contribution in [2.24, 2.45) is 5.92 Å². The van der Waals surface area contributed by atoms with Crippen LogP contribution in [0.4, 0.5) is 4.39 Å². The molecule has 0 aromatic heterocycles. The average molecular weight is 173 g/mol. The second-order valence-corrected chi connectivity index (χ2v) is 3.96. The maximum absolute atomic E-state index is 13.9. The van der Waals surface area contributed by atoms with Crippen molar-refractivity contribution in [2.75, 3.05) is 13.1 Å². The van der Waals surface area contributed by atoms with Crippen LogP contribution in [0.5, 0.6) is 0 Å². The molecule has 1 aliphatic rings. The third kappa shape index (κ3) is 2.44. The van der Waals surface area contributed by atoms with E-state index in [1.54, 1.807) is 0 Å². The molecule has 1 aliphatic heterocycles. The van der Waals surface area contributed by atoms with Crippen LogP contribution in [0.15, 0.2) is 0 Å². The Kier molecular flexibility index (Phi) is 3.51. The molecule has 0 amide bonds. The van der Waals surface area contributed by atoms with Crippen molar-refractivity contribution in [2.45, 2.75) is 45.2 Å². The van der Waals surface area contributed by atoms with E-state index in [1.807, 2.05) is 0 Å². The minimum absolute atomic E-state index is 0.573. The summed E-state index contributed by atoms with van der Waals surface area (Å²) in [5, 5.41) is 3.09. The van der Waals surface area contributed by atoms with Crippen molar-refractivity contribution in [3.8, 4) is 0 Å². The van der Waals surface area contributed by atoms with Gasteiger partial charge in [0.15, 0.2) is 0 Å². The summed E-state index contributed by atoms with van der Waals surface area (Å²) in [5.41, 5.74) is -0.892. The van der Waals surface area contributed by atoms with Crippen molar-refractivity contribution in [3.05, 3.63) is 0 Å². The first kappa shape index (κ1) is 9.97. The number of halogens is 1. The fourth-order valence-electron chi connectivity index (χ4n) is 1.98. The van der Waals surface area contributed by atoms with Crippen molar-refractivity contribution in [1.82, 2.24) is 5.32 Å². The molecule has 0 bridgehead atoms. The summed E-state index contributed by atoms with van der Waals surface area (Å²) in [6.07, 6.45) is 3.70. The fraction of sp³-hybridized carbons (Fsp3) is 1.00. The van der Waals surface area contributed by atoms with Gasteiger partial charge >= 0.3 is 0 Å². The van der Waals surface area contributed by atoms with Gasteiger partial charge in [0.05, 0.1) is 0 Å². The standard InChI is InChI=1S/C10H20FN/c1-3-9(4-2)7-10(11)5-6-12-8-10/h9,12H,3-8H2,1-2H3. The molecule has 1 nitrogen and oxygen atoms in total. The topological polar surface area (TPSA) is 12.0 Å². The molecule has 0 aromatic rings. The van der Waals surface area contributed by atoms with E-state index < -0.39 is 5.67 Å². The van der Waals surface area contributed by atoms with E-state index in [9.17, 15) is 4.39 Å². The van der Waals surface area contributed by atoms with E-state index in [0.717, 1.165) is 25.8 Å². The molecule has 0 aliphatic carbocycles. The van der Waals surface area contributed by atoms with E-state index in [1.165, 1.54) is 0 Å². The second-order valence-electron chi connectivity index (χ2n) is 3.96. The van der Waals surface area contributed by atoms with Gasteiger partial charge in [-0.3, -0.25) is 0 Å². The van der Waals surface area contributed by atoms with Crippen molar-refractivity contribution in [3.63, 3.8) is 0 Å². The highest BCUT2D eigenvalue weighted by molar-refractivity contribution is 4.89. The SMILES string of the molecule is CCC(CC)CC1(F)CCNC1. The molecule has 1 rings (SSSR count). The van der Waals surface area contributed by atoms with Gasteiger partial charge in [-0.25, -0.2) is 4.39 Å². The molecule has 1 atom stereocenters. The van der Waals surface area contributed by atoms with Gasteiger partial charge in [-0.1, -0.05) is 26.7 Å². The van der Waals surface area contributed by atoms with Gasteiger partial charge in [-0.05, 0) is 25.3 Å². The normalized spacial score (nSPS) is 30.0. The maximum Gasteiger partial charge on any atom is 0.124 e. The average Bonchev–Trinajstić information content (AvgIpc) is 2.48. The minimum Gasteiger partial charge on any atom is -0.313 e. The summed E-state index contributed by atoms with van der Waals surface area (Å²) in [6, 6.07) is 0. The lowest BCUT2D eigenvalue weighted by molar-refractivity contribution is 0.142. The van der Waals surface area contributed by atoms with Crippen molar-refractivity contribution < 1.29 is 4.39 Å². The monoisotopic (exact) mass is 173 g/mol. The Balaban J connectivity index is 2.36. The summed E-state index contributed by atoms with van der Waals surface area (Å²) in [7, 11) is 0. The van der Waals surface area contributed by atoms with Crippen LogP contribution in [0.25, 0.3) is 0 Å². The van der Waals surface area contributed by atoms with E-state index >= 15 is 0 Å². The Morgan fingerprint density at radius 3 is 2.50 bits per heavy atom. The van der Waals surface area contributed by atoms with Crippen molar-refractivity contribution in [1.29, 1.82) is 0 Å². The molecule has 2 heteroatoms. The lowest BCUT2D eigenvalue weighted by Gasteiger charge is -2.23. The third-order valence-electron chi connectivity index (χ3n) is 3.00. The lowest BCUT2D eigenvalue weighted by Crippen LogP contribution is -2.28. The summed E-state index contributed by atoms with van der Waals surface area (Å²) < 4.78 is 13.9. The van der Waals surface area contributed by atoms with E-state index in [4.69, 9.17) is 0 Å². The van der Waals surface area contributed by atoms with Gasteiger partial charge in [0.2, 0.25) is 0 Å². The smallest absolute Gasteiger partial charge is 0.124 e. The van der Waals surface area contributed by atoms with Gasteiger partial charge in [0.1, 0.15) is 5.67 Å². The highest BCUT2D eigenvalue weighted by atomic mass is 19.1. The molecule has 0 spiro atoms. The van der Waals surface area contributed by atoms with Crippen LogP contribution < -0.4 is 5.32 Å². The van der Waals surface area contributed by atoms with Gasteiger partial charge in [0.25, 0.3) is 0 Å². The Labute approximate surface area is 74.7 Å². The van der Waals surface area contributed by atoms with Crippen LogP contribution in [-0.2, 0) is 0 Å². The molecule has 1 saturated heterocycles. The molecule has 1 N–H and O–H groups in total. The first-order chi connectivity index (χ1) is 5.70. The lowest BCUT2D eigenvalue weighted by atomic mass is 9.88. The van der Waals surface area contributed by atoms with E-state index in [2.05, 4.69) is 19.2 Å². The Hall–Kier alpha value is -0.110. The molecule has 0 saturated carbocycles. The van der Waals surface area contributed by atoms with Gasteiger partial charge in [-0.2, -0.15) is 0 Å². The Morgan fingerprint density at radius 1 is 1.42 bits per heavy atom. The van der Waals surface area contributed by atoms with Crippen LogP contribution in [0, 0.1) is 5.92 Å². The third-order valence-corrected chi connectivity index (χ3v) is 3.00. The van der Waals surface area contributed by atoms with Gasteiger partial charge < -0.3 is 5.32 Å². The predicted octanol–water partition coefficient (Wildman–Crippen LogP) is 2.51. The summed E-state index contributed by atoms with van der Waals surface area (Å²) >= 11 is 0. The molecule has 0 aromatic carbocycles. The van der Waals surface area contributed by atoms with Crippen LogP contribution in [0.3, 0.4) is 0 Å². The highest BCUT2D eigenvalue weighted by Gasteiger charge is 2.34. The zero-order chi connectivity index (χ0) is 9.03. The number of rotatable bonds is 4. The predicted molar refractivity (Wildman–Crippen MR) is 50.0 cm³/mol.